The molecule has 4 aromatic rings. The molecular weight excluding hydrogens is 370 g/mol. The Morgan fingerprint density at radius 1 is 1.14 bits per heavy atom. The highest BCUT2D eigenvalue weighted by Gasteiger charge is 2.17. The van der Waals surface area contributed by atoms with E-state index >= 15 is 0 Å². The summed E-state index contributed by atoms with van der Waals surface area (Å²) in [6.07, 6.45) is 1.72. The number of rotatable bonds is 5. The second-order valence-corrected chi connectivity index (χ2v) is 6.73. The number of methoxy groups -OCH3 is 1. The molecule has 0 aliphatic carbocycles. The van der Waals surface area contributed by atoms with Crippen molar-refractivity contribution in [1.29, 1.82) is 0 Å². The van der Waals surface area contributed by atoms with Gasteiger partial charge in [-0.05, 0) is 44.2 Å². The first kappa shape index (κ1) is 18.7. The lowest BCUT2D eigenvalue weighted by molar-refractivity contribution is 0.311. The molecule has 2 heterocycles. The molecule has 4 rings (SSSR count). The van der Waals surface area contributed by atoms with E-state index in [1.54, 1.807) is 25.4 Å². The fraction of sp³-hybridized carbons (Fsp3) is 0.227. The maximum atomic E-state index is 13.0. The van der Waals surface area contributed by atoms with Crippen LogP contribution in [0.2, 0.25) is 0 Å². The number of fused-ring (bicyclic) bond motifs is 1. The Hall–Kier alpha value is -3.61. The third kappa shape index (κ3) is 3.35. The third-order valence-corrected chi connectivity index (χ3v) is 4.72. The fourth-order valence-corrected chi connectivity index (χ4v) is 3.29. The highest BCUT2D eigenvalue weighted by molar-refractivity contribution is 5.83. The van der Waals surface area contributed by atoms with Crippen LogP contribution in [0.5, 0.6) is 11.5 Å². The highest BCUT2D eigenvalue weighted by Crippen LogP contribution is 2.32. The minimum absolute atomic E-state index is 0.138. The molecule has 29 heavy (non-hydrogen) atoms. The van der Waals surface area contributed by atoms with Gasteiger partial charge in [0.15, 0.2) is 11.5 Å². The Balaban J connectivity index is 1.79. The zero-order valence-corrected chi connectivity index (χ0v) is 16.7. The van der Waals surface area contributed by atoms with Crippen LogP contribution in [0, 0.1) is 6.92 Å². The predicted octanol–water partition coefficient (Wildman–Crippen LogP) is 3.97. The molecule has 7 heteroatoms. The van der Waals surface area contributed by atoms with E-state index in [4.69, 9.17) is 14.0 Å². The quantitative estimate of drug-likeness (QED) is 0.512. The number of pyridine rings is 1. The summed E-state index contributed by atoms with van der Waals surface area (Å²) in [5.41, 5.74) is 2.79. The third-order valence-electron chi connectivity index (χ3n) is 4.72. The van der Waals surface area contributed by atoms with Gasteiger partial charge in [-0.15, -0.1) is 0 Å². The van der Waals surface area contributed by atoms with Crippen LogP contribution in [0.25, 0.3) is 33.7 Å². The Morgan fingerprint density at radius 3 is 2.72 bits per heavy atom. The molecule has 0 bridgehead atoms. The monoisotopic (exact) mass is 391 g/mol. The van der Waals surface area contributed by atoms with Crippen molar-refractivity contribution in [2.75, 3.05) is 13.7 Å². The van der Waals surface area contributed by atoms with Crippen molar-refractivity contribution >= 4 is 10.9 Å². The maximum absolute atomic E-state index is 13.0. The highest BCUT2D eigenvalue weighted by atomic mass is 16.5. The fourth-order valence-electron chi connectivity index (χ4n) is 3.29. The zero-order chi connectivity index (χ0) is 20.5. The Kier molecular flexibility index (Phi) is 4.80. The Morgan fingerprint density at radius 2 is 1.97 bits per heavy atom. The minimum atomic E-state index is -0.138. The van der Waals surface area contributed by atoms with Gasteiger partial charge in [0.1, 0.15) is 5.56 Å². The van der Waals surface area contributed by atoms with E-state index in [-0.39, 0.29) is 11.3 Å². The number of aromatic nitrogens is 3. The maximum Gasteiger partial charge on any atom is 0.263 e. The molecular formula is C22H21N3O4. The van der Waals surface area contributed by atoms with Gasteiger partial charge < -0.3 is 18.6 Å². The van der Waals surface area contributed by atoms with Gasteiger partial charge >= 0.3 is 0 Å². The van der Waals surface area contributed by atoms with Crippen molar-refractivity contribution in [2.24, 2.45) is 7.05 Å². The first-order valence-corrected chi connectivity index (χ1v) is 9.27. The van der Waals surface area contributed by atoms with Crippen LogP contribution in [-0.2, 0) is 7.05 Å². The molecule has 0 N–H and O–H groups in total. The summed E-state index contributed by atoms with van der Waals surface area (Å²) in [4.78, 5) is 17.5. The molecule has 0 saturated heterocycles. The summed E-state index contributed by atoms with van der Waals surface area (Å²) in [6, 6.07) is 11.2. The van der Waals surface area contributed by atoms with Crippen molar-refractivity contribution < 1.29 is 14.0 Å². The van der Waals surface area contributed by atoms with Gasteiger partial charge in [0, 0.05) is 24.2 Å². The average Bonchev–Trinajstić information content (AvgIpc) is 3.21. The van der Waals surface area contributed by atoms with Gasteiger partial charge in [-0.3, -0.25) is 4.79 Å². The van der Waals surface area contributed by atoms with E-state index < -0.39 is 0 Å². The van der Waals surface area contributed by atoms with E-state index in [9.17, 15) is 4.79 Å². The molecule has 0 atom stereocenters. The minimum Gasteiger partial charge on any atom is -0.493 e. The van der Waals surface area contributed by atoms with Crippen LogP contribution >= 0.6 is 0 Å². The van der Waals surface area contributed by atoms with Crippen molar-refractivity contribution in [3.8, 4) is 34.3 Å². The molecule has 2 aromatic heterocycles. The van der Waals surface area contributed by atoms with Crippen LogP contribution < -0.4 is 14.9 Å². The van der Waals surface area contributed by atoms with Crippen LogP contribution in [0.4, 0.5) is 0 Å². The largest absolute Gasteiger partial charge is 0.493 e. The van der Waals surface area contributed by atoms with Crippen LogP contribution in [0.1, 0.15) is 12.5 Å². The van der Waals surface area contributed by atoms with Crippen LogP contribution in [0.15, 0.2) is 51.9 Å². The number of hydrogen-bond donors (Lipinski definition) is 0. The molecule has 0 aliphatic heterocycles. The summed E-state index contributed by atoms with van der Waals surface area (Å²) >= 11 is 0. The smallest absolute Gasteiger partial charge is 0.263 e. The van der Waals surface area contributed by atoms with E-state index in [1.165, 1.54) is 0 Å². The topological polar surface area (TPSA) is 79.4 Å². The SMILES string of the molecule is CCOc1ccc(-c2noc(-c3cn(C)c4ccc(C)cc4c3=O)n2)cc1OC. The van der Waals surface area contributed by atoms with Gasteiger partial charge in [0.25, 0.3) is 5.89 Å². The van der Waals surface area contributed by atoms with Gasteiger partial charge in [0.2, 0.25) is 11.3 Å². The summed E-state index contributed by atoms with van der Waals surface area (Å²) in [7, 11) is 3.46. The van der Waals surface area contributed by atoms with Crippen molar-refractivity contribution in [2.45, 2.75) is 13.8 Å². The molecule has 2 aromatic carbocycles. The van der Waals surface area contributed by atoms with E-state index in [2.05, 4.69) is 10.1 Å². The Bertz CT molecular complexity index is 1260. The molecule has 0 saturated carbocycles. The Labute approximate surface area is 167 Å². The summed E-state index contributed by atoms with van der Waals surface area (Å²) in [5.74, 6) is 1.76. The molecule has 0 aliphatic rings. The molecule has 0 spiro atoms. The summed E-state index contributed by atoms with van der Waals surface area (Å²) in [6.45, 7) is 4.40. The first-order chi connectivity index (χ1) is 14.0. The van der Waals surface area contributed by atoms with Crippen LogP contribution in [0.3, 0.4) is 0 Å². The van der Waals surface area contributed by atoms with E-state index in [0.29, 0.717) is 40.4 Å². The molecule has 0 radical (unpaired) electrons. The molecule has 0 amide bonds. The summed E-state index contributed by atoms with van der Waals surface area (Å²) in [5, 5.41) is 4.67. The van der Waals surface area contributed by atoms with Gasteiger partial charge in [-0.2, -0.15) is 4.98 Å². The van der Waals surface area contributed by atoms with Crippen molar-refractivity contribution in [1.82, 2.24) is 14.7 Å². The number of benzene rings is 2. The van der Waals surface area contributed by atoms with Gasteiger partial charge in [-0.25, -0.2) is 0 Å². The lowest BCUT2D eigenvalue weighted by atomic mass is 10.1. The predicted molar refractivity (Wildman–Crippen MR) is 110 cm³/mol. The molecule has 0 fully saturated rings. The average molecular weight is 391 g/mol. The number of ether oxygens (including phenoxy) is 2. The van der Waals surface area contributed by atoms with Crippen molar-refractivity contribution in [3.05, 3.63) is 58.4 Å². The first-order valence-electron chi connectivity index (χ1n) is 9.27. The number of hydrogen-bond acceptors (Lipinski definition) is 6. The van der Waals surface area contributed by atoms with Gasteiger partial charge in [-0.1, -0.05) is 16.8 Å². The zero-order valence-electron chi connectivity index (χ0n) is 16.7. The summed E-state index contributed by atoms with van der Waals surface area (Å²) < 4.78 is 18.2. The van der Waals surface area contributed by atoms with Crippen molar-refractivity contribution in [3.63, 3.8) is 0 Å². The standard InChI is InChI=1S/C22H21N3O4/c1-5-28-18-9-7-14(11-19(18)27-4)21-23-22(29-24-21)16-12-25(3)17-8-6-13(2)10-15(17)20(16)26/h6-12H,5H2,1-4H3. The van der Waals surface area contributed by atoms with E-state index in [1.807, 2.05) is 49.7 Å². The lowest BCUT2D eigenvalue weighted by Gasteiger charge is -2.09. The molecule has 7 nitrogen and oxygen atoms in total. The second kappa shape index (κ2) is 7.43. The molecule has 148 valence electrons. The van der Waals surface area contributed by atoms with Gasteiger partial charge in [0.05, 0.1) is 19.2 Å². The normalized spacial score (nSPS) is 11.0. The number of nitrogens with zero attached hydrogens (tertiary/aromatic N) is 3. The second-order valence-electron chi connectivity index (χ2n) is 6.73. The van der Waals surface area contributed by atoms with Crippen LogP contribution in [-0.4, -0.2) is 28.4 Å². The molecule has 0 unspecified atom stereocenters. The van der Waals surface area contributed by atoms with E-state index in [0.717, 1.165) is 11.1 Å². The lowest BCUT2D eigenvalue weighted by Crippen LogP contribution is -2.10. The number of aryl methyl sites for hydroxylation is 2.